The van der Waals surface area contributed by atoms with Crippen molar-refractivity contribution in [1.82, 2.24) is 9.55 Å². The molecule has 1 heterocycles. The van der Waals surface area contributed by atoms with Gasteiger partial charge in [-0.05, 0) is 28.8 Å². The van der Waals surface area contributed by atoms with Crippen molar-refractivity contribution in [3.63, 3.8) is 0 Å². The van der Waals surface area contributed by atoms with Crippen molar-refractivity contribution in [3.05, 3.63) is 118 Å². The van der Waals surface area contributed by atoms with Crippen LogP contribution in [0.15, 0.2) is 89.7 Å². The molecular formula is C27H25FN4O3. The molecule has 2 N–H and O–H groups in total. The molecule has 4 aromatic rings. The summed E-state index contributed by atoms with van der Waals surface area (Å²) in [5.74, 6) is -1.30. The van der Waals surface area contributed by atoms with Crippen LogP contribution in [0, 0.1) is 0 Å². The molecule has 0 atom stereocenters. The first-order valence-electron chi connectivity index (χ1n) is 11.0. The average Bonchev–Trinajstić information content (AvgIpc) is 2.89. The van der Waals surface area contributed by atoms with Crippen molar-refractivity contribution in [2.45, 2.75) is 12.7 Å². The lowest BCUT2D eigenvalue weighted by Gasteiger charge is -2.31. The zero-order chi connectivity index (χ0) is 24.9. The second kappa shape index (κ2) is 10.2. The van der Waals surface area contributed by atoms with E-state index in [2.05, 4.69) is 10.3 Å². The number of alkyl halides is 1. The molecule has 0 fully saturated rings. The zero-order valence-corrected chi connectivity index (χ0v) is 19.4. The summed E-state index contributed by atoms with van der Waals surface area (Å²) >= 11 is 0. The van der Waals surface area contributed by atoms with Crippen molar-refractivity contribution >= 4 is 17.5 Å². The number of carbonyl (C=O) groups excluding carboxylic acids is 1. The summed E-state index contributed by atoms with van der Waals surface area (Å²) in [5, 5.41) is 13.1. The molecule has 0 unspecified atom stereocenters. The summed E-state index contributed by atoms with van der Waals surface area (Å²) in [7, 11) is 3.27. The number of nitrogens with one attached hydrogen (secondary N) is 1. The van der Waals surface area contributed by atoms with Crippen LogP contribution < -0.4 is 15.8 Å². The normalized spacial score (nSPS) is 10.9. The summed E-state index contributed by atoms with van der Waals surface area (Å²) < 4.78 is 14.0. The minimum absolute atomic E-state index is 0.198. The van der Waals surface area contributed by atoms with Gasteiger partial charge in [-0.2, -0.15) is 0 Å². The van der Waals surface area contributed by atoms with Gasteiger partial charge in [-0.1, -0.05) is 72.8 Å². The van der Waals surface area contributed by atoms with Gasteiger partial charge in [0.15, 0.2) is 5.69 Å². The Bertz CT molecular complexity index is 1330. The SMILES string of the molecule is CN(c1nc(C(=O)Nc2ccc(CF)cc2)c(O)c(=O)n1C)C(c1ccccc1)c1ccccc1. The first-order chi connectivity index (χ1) is 16.9. The van der Waals surface area contributed by atoms with Gasteiger partial charge in [0.1, 0.15) is 6.67 Å². The minimum Gasteiger partial charge on any atom is -0.501 e. The first-order valence-corrected chi connectivity index (χ1v) is 11.0. The van der Waals surface area contributed by atoms with Crippen molar-refractivity contribution in [2.24, 2.45) is 7.05 Å². The van der Waals surface area contributed by atoms with Gasteiger partial charge in [-0.15, -0.1) is 0 Å². The molecule has 0 aliphatic heterocycles. The van der Waals surface area contributed by atoms with Crippen LogP contribution in [0.25, 0.3) is 0 Å². The van der Waals surface area contributed by atoms with Crippen LogP contribution >= 0.6 is 0 Å². The first kappa shape index (κ1) is 23.7. The largest absolute Gasteiger partial charge is 0.501 e. The van der Waals surface area contributed by atoms with Crippen molar-refractivity contribution < 1.29 is 14.3 Å². The van der Waals surface area contributed by atoms with E-state index >= 15 is 0 Å². The van der Waals surface area contributed by atoms with Gasteiger partial charge < -0.3 is 15.3 Å². The van der Waals surface area contributed by atoms with Crippen molar-refractivity contribution in [1.29, 1.82) is 0 Å². The van der Waals surface area contributed by atoms with Gasteiger partial charge in [0.25, 0.3) is 11.5 Å². The number of benzene rings is 3. The third-order valence-corrected chi connectivity index (χ3v) is 5.76. The smallest absolute Gasteiger partial charge is 0.297 e. The molecule has 0 aliphatic carbocycles. The number of nitrogens with zero attached hydrogens (tertiary/aromatic N) is 3. The highest BCUT2D eigenvalue weighted by atomic mass is 19.1. The second-order valence-electron chi connectivity index (χ2n) is 8.09. The summed E-state index contributed by atoms with van der Waals surface area (Å²) in [6, 6.07) is 25.3. The molecule has 3 aromatic carbocycles. The third-order valence-electron chi connectivity index (χ3n) is 5.76. The fourth-order valence-corrected chi connectivity index (χ4v) is 3.95. The van der Waals surface area contributed by atoms with Gasteiger partial charge in [-0.25, -0.2) is 9.37 Å². The summed E-state index contributed by atoms with van der Waals surface area (Å²) in [5.41, 5.74) is 1.62. The molecule has 178 valence electrons. The maximum atomic E-state index is 13.0. The molecule has 7 nitrogen and oxygen atoms in total. The number of carbonyl (C=O) groups is 1. The lowest BCUT2D eigenvalue weighted by atomic mass is 9.97. The van der Waals surface area contributed by atoms with Crippen LogP contribution in [0.2, 0.25) is 0 Å². The molecule has 0 saturated carbocycles. The van der Waals surface area contributed by atoms with E-state index in [0.29, 0.717) is 11.3 Å². The number of aromatic hydroxyl groups is 1. The van der Waals surface area contributed by atoms with E-state index in [9.17, 15) is 19.1 Å². The number of anilines is 2. The minimum atomic E-state index is -0.751. The van der Waals surface area contributed by atoms with E-state index in [1.54, 1.807) is 24.1 Å². The molecule has 8 heteroatoms. The Hall–Kier alpha value is -4.46. The van der Waals surface area contributed by atoms with Crippen LogP contribution in [-0.2, 0) is 13.7 Å². The number of amides is 1. The van der Waals surface area contributed by atoms with Gasteiger partial charge in [-0.3, -0.25) is 14.2 Å². The molecular weight excluding hydrogens is 447 g/mol. The highest BCUT2D eigenvalue weighted by molar-refractivity contribution is 6.04. The molecule has 4 rings (SSSR count). The van der Waals surface area contributed by atoms with Crippen molar-refractivity contribution in [2.75, 3.05) is 17.3 Å². The lowest BCUT2D eigenvalue weighted by Crippen LogP contribution is -2.34. The van der Waals surface area contributed by atoms with Crippen LogP contribution in [0.1, 0.15) is 33.2 Å². The van der Waals surface area contributed by atoms with Gasteiger partial charge in [0.05, 0.1) is 6.04 Å². The number of aromatic nitrogens is 2. The molecule has 35 heavy (non-hydrogen) atoms. The number of halogens is 1. The van der Waals surface area contributed by atoms with Gasteiger partial charge in [0.2, 0.25) is 11.7 Å². The van der Waals surface area contributed by atoms with Gasteiger partial charge >= 0.3 is 0 Å². The van der Waals surface area contributed by atoms with Gasteiger partial charge in [0, 0.05) is 19.8 Å². The summed E-state index contributed by atoms with van der Waals surface area (Å²) in [6.07, 6.45) is 0. The fraction of sp³-hybridized carbons (Fsp3) is 0.148. The molecule has 0 radical (unpaired) electrons. The highest BCUT2D eigenvalue weighted by Gasteiger charge is 2.26. The Labute approximate surface area is 202 Å². The number of rotatable bonds is 7. The Morgan fingerprint density at radius 1 is 1.00 bits per heavy atom. The van der Waals surface area contributed by atoms with E-state index < -0.39 is 29.6 Å². The number of hydrogen-bond donors (Lipinski definition) is 2. The molecule has 1 amide bonds. The summed E-state index contributed by atoms with van der Waals surface area (Å²) in [4.78, 5) is 32.0. The number of hydrogen-bond acceptors (Lipinski definition) is 5. The predicted octanol–water partition coefficient (Wildman–Crippen LogP) is 4.43. The Morgan fingerprint density at radius 3 is 2.06 bits per heavy atom. The Balaban J connectivity index is 1.76. The van der Waals surface area contributed by atoms with E-state index in [1.165, 1.54) is 23.7 Å². The monoisotopic (exact) mass is 472 g/mol. The predicted molar refractivity (Wildman–Crippen MR) is 133 cm³/mol. The standard InChI is InChI=1S/C27H25FN4O3/c1-31(23(19-9-5-3-6-10-19)20-11-7-4-8-12-20)27-30-22(24(33)26(35)32(27)2)25(34)29-21-15-13-18(17-28)14-16-21/h3-16,23,33H,17H2,1-2H3,(H,29,34). The molecule has 1 aromatic heterocycles. The van der Waals surface area contributed by atoms with E-state index in [0.717, 1.165) is 11.1 Å². The topological polar surface area (TPSA) is 87.5 Å². The Kier molecular flexibility index (Phi) is 6.91. The highest BCUT2D eigenvalue weighted by Crippen LogP contribution is 2.31. The van der Waals surface area contributed by atoms with Crippen LogP contribution in [0.4, 0.5) is 16.0 Å². The zero-order valence-electron chi connectivity index (χ0n) is 19.4. The summed E-state index contributed by atoms with van der Waals surface area (Å²) in [6.45, 7) is -0.620. The van der Waals surface area contributed by atoms with E-state index in [-0.39, 0.29) is 12.0 Å². The quantitative estimate of drug-likeness (QED) is 0.415. The van der Waals surface area contributed by atoms with Crippen LogP contribution in [0.5, 0.6) is 5.75 Å². The van der Waals surface area contributed by atoms with E-state index in [1.807, 2.05) is 60.7 Å². The maximum Gasteiger partial charge on any atom is 0.297 e. The fourth-order valence-electron chi connectivity index (χ4n) is 3.95. The second-order valence-corrected chi connectivity index (χ2v) is 8.09. The molecule has 0 aliphatic rings. The maximum absolute atomic E-state index is 13.0. The van der Waals surface area contributed by atoms with Crippen LogP contribution in [0.3, 0.4) is 0 Å². The van der Waals surface area contributed by atoms with Crippen molar-refractivity contribution in [3.8, 4) is 5.75 Å². The average molecular weight is 473 g/mol. The van der Waals surface area contributed by atoms with E-state index in [4.69, 9.17) is 0 Å². The molecule has 0 saturated heterocycles. The Morgan fingerprint density at radius 2 is 1.54 bits per heavy atom. The molecule has 0 bridgehead atoms. The third kappa shape index (κ3) is 4.91. The lowest BCUT2D eigenvalue weighted by molar-refractivity contribution is 0.101. The van der Waals surface area contributed by atoms with Crippen LogP contribution in [-0.4, -0.2) is 27.6 Å². The molecule has 0 spiro atoms.